The molecule has 4 aromatic carbocycles. The van der Waals surface area contributed by atoms with E-state index < -0.39 is 5.56 Å². The molecule has 0 radical (unpaired) electrons. The maximum absolute atomic E-state index is 12.4. The molecule has 5 aromatic rings. The van der Waals surface area contributed by atoms with Crippen molar-refractivity contribution in [1.29, 1.82) is 5.26 Å². The van der Waals surface area contributed by atoms with Crippen molar-refractivity contribution in [3.8, 4) is 17.3 Å². The van der Waals surface area contributed by atoms with Gasteiger partial charge in [-0.05, 0) is 21.5 Å². The highest BCUT2D eigenvalue weighted by Gasteiger charge is 2.13. The van der Waals surface area contributed by atoms with Gasteiger partial charge in [0, 0.05) is 11.1 Å². The first-order chi connectivity index (χ1) is 15.7. The molecule has 32 heavy (non-hydrogen) atoms. The summed E-state index contributed by atoms with van der Waals surface area (Å²) in [5.41, 5.74) is 4.18. The zero-order valence-corrected chi connectivity index (χ0v) is 16.9. The minimum Gasteiger partial charge on any atom is -0.290 e. The van der Waals surface area contributed by atoms with E-state index in [0.29, 0.717) is 11.3 Å². The summed E-state index contributed by atoms with van der Waals surface area (Å²) in [4.78, 5) is 19.4. The minimum atomic E-state index is -0.518. The van der Waals surface area contributed by atoms with E-state index in [0.717, 1.165) is 27.1 Å². The zero-order chi connectivity index (χ0) is 21.9. The molecule has 0 aliphatic rings. The molecule has 0 atom stereocenters. The van der Waals surface area contributed by atoms with E-state index in [1.165, 1.54) is 0 Å². The second-order valence-corrected chi connectivity index (χ2v) is 7.22. The Bertz CT molecular complexity index is 1580. The third-order valence-electron chi connectivity index (χ3n) is 5.25. The lowest BCUT2D eigenvalue weighted by Gasteiger charge is -2.08. The van der Waals surface area contributed by atoms with Crippen LogP contribution < -0.4 is 11.0 Å². The highest BCUT2D eigenvalue weighted by atomic mass is 16.1. The van der Waals surface area contributed by atoms with Crippen molar-refractivity contribution >= 4 is 33.7 Å². The number of rotatable bonds is 4. The molecule has 0 amide bonds. The second-order valence-electron chi connectivity index (χ2n) is 7.22. The van der Waals surface area contributed by atoms with Gasteiger partial charge in [-0.1, -0.05) is 84.9 Å². The van der Waals surface area contributed by atoms with Crippen molar-refractivity contribution in [2.45, 2.75) is 0 Å². The van der Waals surface area contributed by atoms with Crippen molar-refractivity contribution in [2.75, 3.05) is 5.43 Å². The average molecular weight is 415 g/mol. The summed E-state index contributed by atoms with van der Waals surface area (Å²) < 4.78 is 0. The van der Waals surface area contributed by atoms with Crippen LogP contribution in [0.3, 0.4) is 0 Å². The molecular formula is C26H17N5O. The molecule has 1 heterocycles. The quantitative estimate of drug-likeness (QED) is 0.244. The normalized spacial score (nSPS) is 11.1. The van der Waals surface area contributed by atoms with Gasteiger partial charge in [-0.3, -0.25) is 9.78 Å². The second kappa shape index (κ2) is 8.17. The topological polar surface area (TPSA) is 93.9 Å². The smallest absolute Gasteiger partial charge is 0.270 e. The number of hydrogen-bond donors (Lipinski definition) is 2. The lowest BCUT2D eigenvalue weighted by Crippen LogP contribution is -2.16. The van der Waals surface area contributed by atoms with Crippen LogP contribution in [0.25, 0.3) is 32.8 Å². The van der Waals surface area contributed by atoms with Gasteiger partial charge in [-0.25, -0.2) is 10.4 Å². The van der Waals surface area contributed by atoms with E-state index in [2.05, 4.69) is 50.8 Å². The number of aromatic amines is 1. The minimum absolute atomic E-state index is 0.0359. The average Bonchev–Trinajstić information content (AvgIpc) is 2.84. The number of H-pyrrole nitrogens is 1. The van der Waals surface area contributed by atoms with Crippen LogP contribution in [-0.4, -0.2) is 16.2 Å². The lowest BCUT2D eigenvalue weighted by molar-refractivity contribution is 1.08. The molecule has 0 aliphatic heterocycles. The van der Waals surface area contributed by atoms with Crippen LogP contribution in [0.5, 0.6) is 0 Å². The first-order valence-corrected chi connectivity index (χ1v) is 10.0. The zero-order valence-electron chi connectivity index (χ0n) is 16.9. The fourth-order valence-corrected chi connectivity index (χ4v) is 3.79. The van der Waals surface area contributed by atoms with Crippen molar-refractivity contribution in [3.63, 3.8) is 0 Å². The number of nitrogens with one attached hydrogen (secondary N) is 2. The Kier molecular flexibility index (Phi) is 4.91. The molecular weight excluding hydrogens is 398 g/mol. The Labute approximate surface area is 183 Å². The standard InChI is InChI=1S/C26H17N5O/c27-15-22-24(19-8-2-1-3-9-19)29-26(30-25(22)32)31-28-16-20-11-6-10-18-14-13-17-7-4-5-12-21(17)23(18)20/h1-14,16H,(H2,29,30,31,32). The highest BCUT2D eigenvalue weighted by Crippen LogP contribution is 2.27. The fourth-order valence-electron chi connectivity index (χ4n) is 3.79. The van der Waals surface area contributed by atoms with Gasteiger partial charge in [0.05, 0.1) is 11.9 Å². The maximum atomic E-state index is 12.4. The van der Waals surface area contributed by atoms with Crippen molar-refractivity contribution in [1.82, 2.24) is 9.97 Å². The van der Waals surface area contributed by atoms with Crippen molar-refractivity contribution < 1.29 is 0 Å². The number of anilines is 1. The Morgan fingerprint density at radius 3 is 2.50 bits per heavy atom. The van der Waals surface area contributed by atoms with Gasteiger partial charge in [0.25, 0.3) is 5.56 Å². The molecule has 5 rings (SSSR count). The van der Waals surface area contributed by atoms with Crippen molar-refractivity contribution in [2.24, 2.45) is 5.10 Å². The highest BCUT2D eigenvalue weighted by molar-refractivity contribution is 6.14. The number of hydrogen-bond acceptors (Lipinski definition) is 5. The number of aromatic nitrogens is 2. The first kappa shape index (κ1) is 19.2. The van der Waals surface area contributed by atoms with Gasteiger partial charge in [0.2, 0.25) is 5.95 Å². The third kappa shape index (κ3) is 3.48. The number of nitrogens with zero attached hydrogens (tertiary/aromatic N) is 3. The van der Waals surface area contributed by atoms with Crippen LogP contribution in [0.2, 0.25) is 0 Å². The van der Waals surface area contributed by atoms with Gasteiger partial charge >= 0.3 is 0 Å². The molecule has 0 saturated carbocycles. The monoisotopic (exact) mass is 415 g/mol. The van der Waals surface area contributed by atoms with E-state index in [4.69, 9.17) is 0 Å². The SMILES string of the molecule is N#Cc1c(-c2ccccc2)nc(NN=Cc2cccc3ccc4ccccc4c23)[nH]c1=O. The number of benzene rings is 4. The summed E-state index contributed by atoms with van der Waals surface area (Å²) in [5.74, 6) is 0.161. The molecule has 0 aliphatic carbocycles. The summed E-state index contributed by atoms with van der Waals surface area (Å²) >= 11 is 0. The molecule has 6 nitrogen and oxygen atoms in total. The number of nitriles is 1. The Balaban J connectivity index is 1.53. The van der Waals surface area contributed by atoms with Crippen molar-refractivity contribution in [3.05, 3.63) is 106 Å². The van der Waals surface area contributed by atoms with Gasteiger partial charge in [0.15, 0.2) is 0 Å². The summed E-state index contributed by atoms with van der Waals surface area (Å²) in [5, 5.41) is 18.2. The summed E-state index contributed by atoms with van der Waals surface area (Å²) in [7, 11) is 0. The number of hydrazone groups is 1. The van der Waals surface area contributed by atoms with E-state index in [9.17, 15) is 10.1 Å². The van der Waals surface area contributed by atoms with Crippen LogP contribution in [0.15, 0.2) is 94.8 Å². The van der Waals surface area contributed by atoms with Crippen LogP contribution in [0.1, 0.15) is 11.1 Å². The molecule has 152 valence electrons. The molecule has 0 unspecified atom stereocenters. The first-order valence-electron chi connectivity index (χ1n) is 10.0. The molecule has 6 heteroatoms. The van der Waals surface area contributed by atoms with Gasteiger partial charge < -0.3 is 0 Å². The molecule has 2 N–H and O–H groups in total. The van der Waals surface area contributed by atoms with Gasteiger partial charge in [0.1, 0.15) is 11.6 Å². The van der Waals surface area contributed by atoms with Gasteiger partial charge in [-0.15, -0.1) is 0 Å². The van der Waals surface area contributed by atoms with Crippen LogP contribution in [-0.2, 0) is 0 Å². The molecule has 0 fully saturated rings. The van der Waals surface area contributed by atoms with Crippen LogP contribution in [0, 0.1) is 11.3 Å². The molecule has 0 saturated heterocycles. The Morgan fingerprint density at radius 2 is 1.66 bits per heavy atom. The van der Waals surface area contributed by atoms with Crippen LogP contribution in [0.4, 0.5) is 5.95 Å². The third-order valence-corrected chi connectivity index (χ3v) is 5.25. The lowest BCUT2D eigenvalue weighted by atomic mass is 9.98. The predicted octanol–water partition coefficient (Wildman–Crippen LogP) is 5.06. The largest absolute Gasteiger partial charge is 0.290 e. The Morgan fingerprint density at radius 1 is 0.906 bits per heavy atom. The molecule has 0 bridgehead atoms. The van der Waals surface area contributed by atoms with Gasteiger partial charge in [-0.2, -0.15) is 10.4 Å². The van der Waals surface area contributed by atoms with E-state index in [-0.39, 0.29) is 11.5 Å². The van der Waals surface area contributed by atoms with E-state index in [1.54, 1.807) is 18.3 Å². The molecule has 0 spiro atoms. The summed E-state index contributed by atoms with van der Waals surface area (Å²) in [6.45, 7) is 0. The predicted molar refractivity (Wildman–Crippen MR) is 128 cm³/mol. The summed E-state index contributed by atoms with van der Waals surface area (Å²) in [6.07, 6.45) is 1.70. The number of fused-ring (bicyclic) bond motifs is 3. The summed E-state index contributed by atoms with van der Waals surface area (Å²) in [6, 6.07) is 29.5. The Hall–Kier alpha value is -4.76. The van der Waals surface area contributed by atoms with E-state index in [1.807, 2.05) is 48.5 Å². The van der Waals surface area contributed by atoms with Crippen LogP contribution >= 0.6 is 0 Å². The molecule has 1 aromatic heterocycles. The fraction of sp³-hybridized carbons (Fsp3) is 0. The maximum Gasteiger partial charge on any atom is 0.270 e. The van der Waals surface area contributed by atoms with E-state index >= 15 is 0 Å².